The molecule has 1 atom stereocenters. The molecule has 0 aliphatic carbocycles. The van der Waals surface area contributed by atoms with Gasteiger partial charge in [-0.15, -0.1) is 5.10 Å². The number of halogens is 1. The molecule has 0 bridgehead atoms. The molecule has 0 amide bonds. The van der Waals surface area contributed by atoms with E-state index in [0.717, 1.165) is 21.8 Å². The van der Waals surface area contributed by atoms with E-state index in [2.05, 4.69) is 53.0 Å². The van der Waals surface area contributed by atoms with Crippen LogP contribution in [0, 0.1) is 0 Å². The van der Waals surface area contributed by atoms with Crippen LogP contribution in [-0.4, -0.2) is 41.4 Å². The minimum absolute atomic E-state index is 0.410. The molecular formula is C14H20BrN3O. The molecule has 0 saturated carbocycles. The maximum atomic E-state index is 5.91. The molecule has 4 nitrogen and oxygen atoms in total. The number of benzene rings is 1. The van der Waals surface area contributed by atoms with Crippen LogP contribution in [0.2, 0.25) is 0 Å². The number of aromatic nitrogens is 2. The molecule has 1 unspecified atom stereocenters. The minimum Gasteiger partial charge on any atom is -0.475 e. The summed E-state index contributed by atoms with van der Waals surface area (Å²) in [6.45, 7) is 2.83. The van der Waals surface area contributed by atoms with Crippen LogP contribution < -0.4 is 4.74 Å². The Labute approximate surface area is 122 Å². The van der Waals surface area contributed by atoms with Crippen LogP contribution in [0.25, 0.3) is 10.9 Å². The molecule has 0 N–H and O–H groups in total. The van der Waals surface area contributed by atoms with Crippen LogP contribution in [0.4, 0.5) is 0 Å². The molecule has 1 heterocycles. The van der Waals surface area contributed by atoms with Crippen molar-refractivity contribution in [1.82, 2.24) is 14.7 Å². The molecule has 1 aromatic carbocycles. The zero-order chi connectivity index (χ0) is 14.0. The largest absolute Gasteiger partial charge is 0.475 e. The van der Waals surface area contributed by atoms with Crippen molar-refractivity contribution < 1.29 is 4.74 Å². The van der Waals surface area contributed by atoms with Crippen LogP contribution in [0.1, 0.15) is 13.3 Å². The highest BCUT2D eigenvalue weighted by atomic mass is 79.9. The number of hydrogen-bond donors (Lipinski definition) is 0. The topological polar surface area (TPSA) is 30.3 Å². The van der Waals surface area contributed by atoms with E-state index >= 15 is 0 Å². The number of likely N-dealkylation sites (N-methyl/N-ethyl adjacent to an activating group) is 1. The number of aryl methyl sites for hydroxylation is 1. The Morgan fingerprint density at radius 2 is 2.16 bits per heavy atom. The fourth-order valence-corrected chi connectivity index (χ4v) is 2.46. The number of hydrogen-bond acceptors (Lipinski definition) is 3. The van der Waals surface area contributed by atoms with Gasteiger partial charge in [-0.25, -0.2) is 0 Å². The SMILES string of the molecule is CCC(COc1nn(C)c2cc(Br)ccc12)N(C)C. The monoisotopic (exact) mass is 325 g/mol. The van der Waals surface area contributed by atoms with Gasteiger partial charge in [-0.3, -0.25) is 4.68 Å². The Bertz CT molecular complexity index is 565. The molecule has 104 valence electrons. The van der Waals surface area contributed by atoms with Crippen molar-refractivity contribution in [1.29, 1.82) is 0 Å². The highest BCUT2D eigenvalue weighted by Gasteiger charge is 2.14. The second-order valence-electron chi connectivity index (χ2n) is 4.93. The molecule has 0 aliphatic heterocycles. The molecule has 0 saturated heterocycles. The lowest BCUT2D eigenvalue weighted by molar-refractivity contribution is 0.177. The standard InChI is InChI=1S/C14H20BrN3O/c1-5-11(17(2)3)9-19-14-12-7-6-10(15)8-13(12)18(4)16-14/h6-8,11H,5,9H2,1-4H3. The fourth-order valence-electron chi connectivity index (χ4n) is 2.11. The zero-order valence-electron chi connectivity index (χ0n) is 11.9. The summed E-state index contributed by atoms with van der Waals surface area (Å²) in [7, 11) is 6.08. The second-order valence-corrected chi connectivity index (χ2v) is 5.84. The fraction of sp³-hybridized carbons (Fsp3) is 0.500. The summed E-state index contributed by atoms with van der Waals surface area (Å²) in [5.41, 5.74) is 1.07. The summed E-state index contributed by atoms with van der Waals surface area (Å²) in [6.07, 6.45) is 1.06. The van der Waals surface area contributed by atoms with E-state index < -0.39 is 0 Å². The lowest BCUT2D eigenvalue weighted by Crippen LogP contribution is -2.33. The Morgan fingerprint density at radius 1 is 1.42 bits per heavy atom. The van der Waals surface area contributed by atoms with Crippen LogP contribution in [0.5, 0.6) is 5.88 Å². The van der Waals surface area contributed by atoms with Crippen molar-refractivity contribution in [3.63, 3.8) is 0 Å². The third kappa shape index (κ3) is 3.09. The minimum atomic E-state index is 0.410. The quantitative estimate of drug-likeness (QED) is 0.846. The van der Waals surface area contributed by atoms with Crippen molar-refractivity contribution in [3.8, 4) is 5.88 Å². The van der Waals surface area contributed by atoms with Crippen LogP contribution in [0.3, 0.4) is 0 Å². The van der Waals surface area contributed by atoms with Gasteiger partial charge in [-0.1, -0.05) is 22.9 Å². The number of ether oxygens (including phenoxy) is 1. The lowest BCUT2D eigenvalue weighted by Gasteiger charge is -2.22. The van der Waals surface area contributed by atoms with Crippen molar-refractivity contribution in [2.45, 2.75) is 19.4 Å². The van der Waals surface area contributed by atoms with Gasteiger partial charge in [0.25, 0.3) is 0 Å². The summed E-state index contributed by atoms with van der Waals surface area (Å²) in [6, 6.07) is 6.52. The van der Waals surface area contributed by atoms with Gasteiger partial charge in [0.15, 0.2) is 0 Å². The highest BCUT2D eigenvalue weighted by Crippen LogP contribution is 2.27. The van der Waals surface area contributed by atoms with Gasteiger partial charge in [-0.05, 0) is 38.7 Å². The smallest absolute Gasteiger partial charge is 0.240 e. The third-order valence-electron chi connectivity index (χ3n) is 3.39. The van der Waals surface area contributed by atoms with Gasteiger partial charge < -0.3 is 9.64 Å². The van der Waals surface area contributed by atoms with Gasteiger partial charge in [0, 0.05) is 17.6 Å². The van der Waals surface area contributed by atoms with E-state index in [1.54, 1.807) is 0 Å². The van der Waals surface area contributed by atoms with E-state index in [9.17, 15) is 0 Å². The number of rotatable bonds is 5. The van der Waals surface area contributed by atoms with Gasteiger partial charge in [0.2, 0.25) is 5.88 Å². The van der Waals surface area contributed by atoms with Gasteiger partial charge >= 0.3 is 0 Å². The van der Waals surface area contributed by atoms with E-state index in [4.69, 9.17) is 4.74 Å². The van der Waals surface area contributed by atoms with Crippen LogP contribution >= 0.6 is 15.9 Å². The third-order valence-corrected chi connectivity index (χ3v) is 3.89. The van der Waals surface area contributed by atoms with Crippen molar-refractivity contribution in [3.05, 3.63) is 22.7 Å². The second kappa shape index (κ2) is 5.92. The molecule has 5 heteroatoms. The summed E-state index contributed by atoms with van der Waals surface area (Å²) in [5.74, 6) is 0.713. The first-order chi connectivity index (χ1) is 9.02. The Morgan fingerprint density at radius 3 is 2.79 bits per heavy atom. The van der Waals surface area contributed by atoms with Crippen LogP contribution in [-0.2, 0) is 7.05 Å². The van der Waals surface area contributed by atoms with Gasteiger partial charge in [0.1, 0.15) is 6.61 Å². The van der Waals surface area contributed by atoms with Crippen molar-refractivity contribution in [2.24, 2.45) is 7.05 Å². The molecule has 2 rings (SSSR count). The summed E-state index contributed by atoms with van der Waals surface area (Å²) < 4.78 is 8.81. The molecule has 0 radical (unpaired) electrons. The average molecular weight is 326 g/mol. The van der Waals surface area contributed by atoms with E-state index in [1.165, 1.54) is 0 Å². The molecule has 2 aromatic rings. The first-order valence-electron chi connectivity index (χ1n) is 6.44. The molecule has 1 aromatic heterocycles. The Hall–Kier alpha value is -1.07. The molecule has 0 fully saturated rings. The average Bonchev–Trinajstić information content (AvgIpc) is 2.66. The molecular weight excluding hydrogens is 306 g/mol. The summed E-state index contributed by atoms with van der Waals surface area (Å²) >= 11 is 3.48. The molecule has 0 aliphatic rings. The van der Waals surface area contributed by atoms with E-state index in [1.807, 2.05) is 23.9 Å². The van der Waals surface area contributed by atoms with Gasteiger partial charge in [-0.2, -0.15) is 0 Å². The first-order valence-corrected chi connectivity index (χ1v) is 7.23. The highest BCUT2D eigenvalue weighted by molar-refractivity contribution is 9.10. The predicted molar refractivity (Wildman–Crippen MR) is 81.7 cm³/mol. The summed E-state index contributed by atoms with van der Waals surface area (Å²) in [4.78, 5) is 2.18. The molecule has 0 spiro atoms. The molecule has 19 heavy (non-hydrogen) atoms. The van der Waals surface area contributed by atoms with E-state index in [0.29, 0.717) is 18.5 Å². The Kier molecular flexibility index (Phi) is 4.47. The predicted octanol–water partition coefficient (Wildman–Crippen LogP) is 3.05. The van der Waals surface area contributed by atoms with E-state index in [-0.39, 0.29) is 0 Å². The van der Waals surface area contributed by atoms with Crippen molar-refractivity contribution >= 4 is 26.8 Å². The maximum Gasteiger partial charge on any atom is 0.240 e. The maximum absolute atomic E-state index is 5.91. The lowest BCUT2D eigenvalue weighted by atomic mass is 10.2. The number of fused-ring (bicyclic) bond motifs is 1. The van der Waals surface area contributed by atoms with Gasteiger partial charge in [0.05, 0.1) is 10.9 Å². The zero-order valence-corrected chi connectivity index (χ0v) is 13.4. The van der Waals surface area contributed by atoms with Crippen LogP contribution in [0.15, 0.2) is 22.7 Å². The Balaban J connectivity index is 2.22. The normalized spacial score (nSPS) is 13.2. The van der Waals surface area contributed by atoms with Crippen molar-refractivity contribution in [2.75, 3.05) is 20.7 Å². The first kappa shape index (κ1) is 14.3. The summed E-state index contributed by atoms with van der Waals surface area (Å²) in [5, 5.41) is 5.51. The number of nitrogens with zero attached hydrogens (tertiary/aromatic N) is 3.